The van der Waals surface area contributed by atoms with E-state index in [1.54, 1.807) is 11.5 Å². The molecule has 1 aliphatic carbocycles. The van der Waals surface area contributed by atoms with Gasteiger partial charge in [0.15, 0.2) is 10.3 Å². The maximum Gasteiger partial charge on any atom is 0.344 e. The summed E-state index contributed by atoms with van der Waals surface area (Å²) in [6, 6.07) is 0.197. The maximum atomic E-state index is 11.6. The molecule has 0 saturated heterocycles. The topological polar surface area (TPSA) is 114 Å². The zero-order chi connectivity index (χ0) is 14.3. The zero-order valence-corrected chi connectivity index (χ0v) is 11.3. The highest BCUT2D eigenvalue weighted by atomic mass is 32.2. The Morgan fingerprint density at radius 3 is 2.90 bits per heavy atom. The molecule has 1 saturated carbocycles. The van der Waals surface area contributed by atoms with E-state index in [9.17, 15) is 9.59 Å². The molecular weight excluding hydrogens is 282 g/mol. The van der Waals surface area contributed by atoms with E-state index in [2.05, 4.69) is 20.2 Å². The predicted octanol–water partition coefficient (Wildman–Crippen LogP) is 0.854. The molecule has 0 aromatic carbocycles. The van der Waals surface area contributed by atoms with Crippen LogP contribution in [0.3, 0.4) is 0 Å². The van der Waals surface area contributed by atoms with Crippen molar-refractivity contribution in [2.75, 3.05) is 0 Å². The van der Waals surface area contributed by atoms with Crippen molar-refractivity contribution in [3.63, 3.8) is 0 Å². The number of aromatic nitrogens is 5. The summed E-state index contributed by atoms with van der Waals surface area (Å²) in [7, 11) is 0. The fourth-order valence-electron chi connectivity index (χ4n) is 1.80. The van der Waals surface area contributed by atoms with Crippen molar-refractivity contribution in [2.24, 2.45) is 0 Å². The van der Waals surface area contributed by atoms with Crippen LogP contribution in [-0.4, -0.2) is 35.8 Å². The molecule has 0 spiro atoms. The molecule has 2 aromatic rings. The highest BCUT2D eigenvalue weighted by Gasteiger charge is 2.29. The standard InChI is InChI=1S/C11H11N5O3S/c1-5-7(8(17)18)4-12-9(13-5)20-11-15-14-10(19)16(11)6-2-3-6/h4,6H,2-3H2,1H3,(H,14,19)(H,17,18). The molecule has 9 heteroatoms. The monoisotopic (exact) mass is 293 g/mol. The lowest BCUT2D eigenvalue weighted by Crippen LogP contribution is -2.16. The molecule has 2 heterocycles. The summed E-state index contributed by atoms with van der Waals surface area (Å²) < 4.78 is 1.59. The normalized spacial score (nSPS) is 14.4. The van der Waals surface area contributed by atoms with Crippen LogP contribution in [0.25, 0.3) is 0 Å². The van der Waals surface area contributed by atoms with Crippen molar-refractivity contribution < 1.29 is 9.90 Å². The van der Waals surface area contributed by atoms with Crippen LogP contribution in [-0.2, 0) is 0 Å². The van der Waals surface area contributed by atoms with Crippen molar-refractivity contribution in [3.8, 4) is 0 Å². The highest BCUT2D eigenvalue weighted by molar-refractivity contribution is 7.99. The number of aryl methyl sites for hydroxylation is 1. The number of hydrogen-bond donors (Lipinski definition) is 2. The van der Waals surface area contributed by atoms with E-state index in [0.29, 0.717) is 16.0 Å². The van der Waals surface area contributed by atoms with Gasteiger partial charge in [0.05, 0.1) is 11.3 Å². The molecule has 0 aliphatic heterocycles. The summed E-state index contributed by atoms with van der Waals surface area (Å²) in [4.78, 5) is 30.6. The van der Waals surface area contributed by atoms with Crippen LogP contribution in [0.4, 0.5) is 0 Å². The maximum absolute atomic E-state index is 11.6. The Labute approximate surface area is 117 Å². The number of nitrogens with one attached hydrogen (secondary N) is 1. The molecule has 0 unspecified atom stereocenters. The van der Waals surface area contributed by atoms with Gasteiger partial charge < -0.3 is 5.11 Å². The number of carbonyl (C=O) groups is 1. The third kappa shape index (κ3) is 2.31. The van der Waals surface area contributed by atoms with Gasteiger partial charge in [0.25, 0.3) is 0 Å². The Morgan fingerprint density at radius 2 is 2.30 bits per heavy atom. The van der Waals surface area contributed by atoms with E-state index >= 15 is 0 Å². The molecule has 1 aliphatic rings. The number of rotatable bonds is 4. The second-order valence-electron chi connectivity index (χ2n) is 4.47. The molecule has 8 nitrogen and oxygen atoms in total. The van der Waals surface area contributed by atoms with Crippen LogP contribution in [0.15, 0.2) is 21.3 Å². The van der Waals surface area contributed by atoms with Crippen molar-refractivity contribution in [2.45, 2.75) is 36.1 Å². The Balaban J connectivity index is 1.90. The van der Waals surface area contributed by atoms with Crippen molar-refractivity contribution >= 4 is 17.7 Å². The molecule has 1 fully saturated rings. The fraction of sp³-hybridized carbons (Fsp3) is 0.364. The first kappa shape index (κ1) is 12.9. The fourth-order valence-corrected chi connectivity index (χ4v) is 2.68. The third-order valence-corrected chi connectivity index (χ3v) is 3.80. The number of H-pyrrole nitrogens is 1. The number of carboxylic acids is 1. The molecule has 0 amide bonds. The van der Waals surface area contributed by atoms with E-state index in [1.807, 2.05) is 0 Å². The van der Waals surface area contributed by atoms with Gasteiger partial charge in [-0.3, -0.25) is 4.57 Å². The molecule has 3 rings (SSSR count). The number of aromatic amines is 1. The summed E-state index contributed by atoms with van der Waals surface area (Å²) in [6.45, 7) is 1.60. The summed E-state index contributed by atoms with van der Waals surface area (Å²) in [6.07, 6.45) is 3.19. The smallest absolute Gasteiger partial charge is 0.344 e. The first-order valence-electron chi connectivity index (χ1n) is 5.98. The van der Waals surface area contributed by atoms with Crippen molar-refractivity contribution in [3.05, 3.63) is 27.9 Å². The lowest BCUT2D eigenvalue weighted by atomic mass is 10.2. The van der Waals surface area contributed by atoms with Crippen LogP contribution < -0.4 is 5.69 Å². The van der Waals surface area contributed by atoms with Gasteiger partial charge in [0.1, 0.15) is 0 Å². The molecule has 2 N–H and O–H groups in total. The SMILES string of the molecule is Cc1nc(Sc2n[nH]c(=O)n2C2CC2)ncc1C(=O)O. The largest absolute Gasteiger partial charge is 0.478 e. The Bertz CT molecular complexity index is 734. The van der Waals surface area contributed by atoms with Gasteiger partial charge >= 0.3 is 11.7 Å². The van der Waals surface area contributed by atoms with E-state index in [1.165, 1.54) is 6.20 Å². The summed E-state index contributed by atoms with van der Waals surface area (Å²) in [5.41, 5.74) is 0.204. The third-order valence-electron chi connectivity index (χ3n) is 2.95. The van der Waals surface area contributed by atoms with Gasteiger partial charge in [0.2, 0.25) is 0 Å². The number of aromatic carboxylic acids is 1. The predicted molar refractivity (Wildman–Crippen MR) is 69.0 cm³/mol. The summed E-state index contributed by atoms with van der Waals surface area (Å²) in [5.74, 6) is -1.06. The second-order valence-corrected chi connectivity index (χ2v) is 5.41. The van der Waals surface area contributed by atoms with E-state index in [-0.39, 0.29) is 17.3 Å². The minimum Gasteiger partial charge on any atom is -0.478 e. The Hall–Kier alpha value is -2.16. The van der Waals surface area contributed by atoms with Crippen molar-refractivity contribution in [1.82, 2.24) is 24.7 Å². The lowest BCUT2D eigenvalue weighted by Gasteiger charge is -2.04. The van der Waals surface area contributed by atoms with E-state index < -0.39 is 5.97 Å². The Morgan fingerprint density at radius 1 is 1.55 bits per heavy atom. The van der Waals surface area contributed by atoms with Crippen LogP contribution in [0.2, 0.25) is 0 Å². The summed E-state index contributed by atoms with van der Waals surface area (Å²) in [5, 5.41) is 16.2. The average molecular weight is 293 g/mol. The average Bonchev–Trinajstić information content (AvgIpc) is 3.15. The quantitative estimate of drug-likeness (QED) is 0.803. The Kier molecular flexibility index (Phi) is 3.05. The lowest BCUT2D eigenvalue weighted by molar-refractivity contribution is 0.0695. The summed E-state index contributed by atoms with van der Waals surface area (Å²) >= 11 is 1.14. The molecule has 0 radical (unpaired) electrons. The number of hydrogen-bond acceptors (Lipinski definition) is 6. The van der Waals surface area contributed by atoms with Crippen LogP contribution in [0.1, 0.15) is 34.9 Å². The first-order chi connectivity index (χ1) is 9.56. The van der Waals surface area contributed by atoms with Gasteiger partial charge in [-0.05, 0) is 31.5 Å². The minimum atomic E-state index is -1.06. The van der Waals surface area contributed by atoms with Gasteiger partial charge in [-0.1, -0.05) is 0 Å². The van der Waals surface area contributed by atoms with Crippen LogP contribution >= 0.6 is 11.8 Å². The molecular formula is C11H11N5O3S. The minimum absolute atomic E-state index is 0.0657. The van der Waals surface area contributed by atoms with E-state index in [4.69, 9.17) is 5.11 Å². The number of carboxylic acid groups (broad SMARTS) is 1. The molecule has 0 atom stereocenters. The zero-order valence-electron chi connectivity index (χ0n) is 10.5. The van der Waals surface area contributed by atoms with Gasteiger partial charge in [-0.15, -0.1) is 5.10 Å². The van der Waals surface area contributed by atoms with E-state index in [0.717, 1.165) is 24.6 Å². The van der Waals surface area contributed by atoms with Gasteiger partial charge in [-0.2, -0.15) is 0 Å². The first-order valence-corrected chi connectivity index (χ1v) is 6.79. The van der Waals surface area contributed by atoms with Gasteiger partial charge in [-0.25, -0.2) is 24.7 Å². The van der Waals surface area contributed by atoms with Crippen LogP contribution in [0, 0.1) is 6.92 Å². The molecule has 20 heavy (non-hydrogen) atoms. The second kappa shape index (κ2) is 4.75. The molecule has 0 bridgehead atoms. The van der Waals surface area contributed by atoms with Gasteiger partial charge in [0, 0.05) is 12.2 Å². The molecule has 104 valence electrons. The highest BCUT2D eigenvalue weighted by Crippen LogP contribution is 2.37. The number of nitrogens with zero attached hydrogens (tertiary/aromatic N) is 4. The van der Waals surface area contributed by atoms with Crippen molar-refractivity contribution in [1.29, 1.82) is 0 Å². The molecule has 2 aromatic heterocycles. The van der Waals surface area contributed by atoms with Crippen LogP contribution in [0.5, 0.6) is 0 Å².